The molecule has 0 radical (unpaired) electrons. The van der Waals surface area contributed by atoms with Gasteiger partial charge in [0.25, 0.3) is 0 Å². The third-order valence-electron chi connectivity index (χ3n) is 2.99. The minimum absolute atomic E-state index is 0.232. The number of methoxy groups -OCH3 is 1. The number of carboxylic acids is 1. The standard InChI is InChI=1S/C12H14O3/c1-15-11-5-4-8-2-3-9(12(13)14)6-10(8)7-11/h4-5,7,9H,2-3,6H2,1H3,(H,13,14). The monoisotopic (exact) mass is 206 g/mol. The maximum atomic E-state index is 10.9. The predicted octanol–water partition coefficient (Wildman–Crippen LogP) is 1.88. The van der Waals surface area contributed by atoms with Crippen LogP contribution in [0.15, 0.2) is 18.2 Å². The fourth-order valence-corrected chi connectivity index (χ4v) is 2.07. The Morgan fingerprint density at radius 3 is 2.93 bits per heavy atom. The highest BCUT2D eigenvalue weighted by Crippen LogP contribution is 2.28. The lowest BCUT2D eigenvalue weighted by Gasteiger charge is -2.21. The van der Waals surface area contributed by atoms with Gasteiger partial charge in [-0.3, -0.25) is 4.79 Å². The molecule has 1 aromatic carbocycles. The third kappa shape index (κ3) is 1.96. The maximum Gasteiger partial charge on any atom is 0.306 e. The lowest BCUT2D eigenvalue weighted by Crippen LogP contribution is -2.22. The van der Waals surface area contributed by atoms with Crippen LogP contribution >= 0.6 is 0 Å². The number of aliphatic carboxylic acids is 1. The topological polar surface area (TPSA) is 46.5 Å². The van der Waals surface area contributed by atoms with E-state index in [-0.39, 0.29) is 5.92 Å². The van der Waals surface area contributed by atoms with Gasteiger partial charge in [0.05, 0.1) is 13.0 Å². The Labute approximate surface area is 88.7 Å². The zero-order valence-corrected chi connectivity index (χ0v) is 8.69. The Bertz CT molecular complexity index is 384. The van der Waals surface area contributed by atoms with Crippen molar-refractivity contribution in [3.8, 4) is 5.75 Å². The summed E-state index contributed by atoms with van der Waals surface area (Å²) in [6.07, 6.45) is 2.23. The molecule has 0 bridgehead atoms. The first-order valence-corrected chi connectivity index (χ1v) is 5.09. The van der Waals surface area contributed by atoms with E-state index in [1.165, 1.54) is 5.56 Å². The van der Waals surface area contributed by atoms with E-state index in [0.29, 0.717) is 6.42 Å². The van der Waals surface area contributed by atoms with Gasteiger partial charge < -0.3 is 9.84 Å². The van der Waals surface area contributed by atoms with Gasteiger partial charge in [0.1, 0.15) is 5.75 Å². The van der Waals surface area contributed by atoms with Crippen molar-refractivity contribution in [3.05, 3.63) is 29.3 Å². The van der Waals surface area contributed by atoms with Crippen LogP contribution in [0.25, 0.3) is 0 Å². The van der Waals surface area contributed by atoms with Crippen molar-refractivity contribution in [1.29, 1.82) is 0 Å². The second kappa shape index (κ2) is 3.93. The zero-order chi connectivity index (χ0) is 10.8. The number of hydrogen-bond donors (Lipinski definition) is 1. The molecule has 0 aliphatic heterocycles. The SMILES string of the molecule is COc1ccc2c(c1)CC(C(=O)O)CC2. The van der Waals surface area contributed by atoms with Crippen molar-refractivity contribution in [1.82, 2.24) is 0 Å². The first kappa shape index (κ1) is 10.0. The molecule has 15 heavy (non-hydrogen) atoms. The molecule has 0 saturated heterocycles. The van der Waals surface area contributed by atoms with Crippen LogP contribution in [0.1, 0.15) is 17.5 Å². The summed E-state index contributed by atoms with van der Waals surface area (Å²) >= 11 is 0. The van der Waals surface area contributed by atoms with E-state index in [1.807, 2.05) is 18.2 Å². The third-order valence-corrected chi connectivity index (χ3v) is 2.99. The Balaban J connectivity index is 2.27. The van der Waals surface area contributed by atoms with Crippen molar-refractivity contribution in [3.63, 3.8) is 0 Å². The van der Waals surface area contributed by atoms with Gasteiger partial charge in [-0.05, 0) is 42.5 Å². The van der Waals surface area contributed by atoms with Gasteiger partial charge in [-0.2, -0.15) is 0 Å². The molecule has 0 amide bonds. The molecule has 2 rings (SSSR count). The average Bonchev–Trinajstić information content (AvgIpc) is 2.27. The number of rotatable bonds is 2. The van der Waals surface area contributed by atoms with Crippen molar-refractivity contribution in [2.45, 2.75) is 19.3 Å². The minimum Gasteiger partial charge on any atom is -0.497 e. The minimum atomic E-state index is -0.691. The summed E-state index contributed by atoms with van der Waals surface area (Å²) in [7, 11) is 1.62. The number of ether oxygens (including phenoxy) is 1. The summed E-state index contributed by atoms with van der Waals surface area (Å²) in [5.41, 5.74) is 2.38. The van der Waals surface area contributed by atoms with Crippen molar-refractivity contribution < 1.29 is 14.6 Å². The average molecular weight is 206 g/mol. The van der Waals surface area contributed by atoms with E-state index in [4.69, 9.17) is 9.84 Å². The van der Waals surface area contributed by atoms with Gasteiger partial charge in [0.2, 0.25) is 0 Å². The Morgan fingerprint density at radius 2 is 2.27 bits per heavy atom. The number of benzene rings is 1. The summed E-state index contributed by atoms with van der Waals surface area (Å²) in [6.45, 7) is 0. The highest BCUT2D eigenvalue weighted by molar-refractivity contribution is 5.71. The molecule has 80 valence electrons. The van der Waals surface area contributed by atoms with Gasteiger partial charge in [-0.15, -0.1) is 0 Å². The maximum absolute atomic E-state index is 10.9. The van der Waals surface area contributed by atoms with E-state index in [2.05, 4.69) is 0 Å². The van der Waals surface area contributed by atoms with Crippen LogP contribution < -0.4 is 4.74 Å². The number of carbonyl (C=O) groups is 1. The molecule has 1 aromatic rings. The lowest BCUT2D eigenvalue weighted by atomic mass is 9.84. The van der Waals surface area contributed by atoms with E-state index >= 15 is 0 Å². The van der Waals surface area contributed by atoms with E-state index in [1.54, 1.807) is 7.11 Å². The highest BCUT2D eigenvalue weighted by Gasteiger charge is 2.24. The molecule has 0 heterocycles. The number of carboxylic acid groups (broad SMARTS) is 1. The fraction of sp³-hybridized carbons (Fsp3) is 0.417. The number of aryl methyl sites for hydroxylation is 1. The predicted molar refractivity (Wildman–Crippen MR) is 56.1 cm³/mol. The lowest BCUT2D eigenvalue weighted by molar-refractivity contribution is -0.142. The molecular formula is C12H14O3. The molecule has 0 fully saturated rings. The largest absolute Gasteiger partial charge is 0.497 e. The molecule has 0 saturated carbocycles. The van der Waals surface area contributed by atoms with Crippen LogP contribution in [0, 0.1) is 5.92 Å². The van der Waals surface area contributed by atoms with Crippen LogP contribution in [0.2, 0.25) is 0 Å². The van der Waals surface area contributed by atoms with Crippen LogP contribution in [0.3, 0.4) is 0 Å². The molecule has 3 heteroatoms. The van der Waals surface area contributed by atoms with Crippen molar-refractivity contribution in [2.75, 3.05) is 7.11 Å². The molecule has 1 unspecified atom stereocenters. The molecule has 3 nitrogen and oxygen atoms in total. The summed E-state index contributed by atoms with van der Waals surface area (Å²) in [5.74, 6) is -0.118. The van der Waals surface area contributed by atoms with Crippen LogP contribution in [-0.4, -0.2) is 18.2 Å². The molecule has 0 spiro atoms. The Kier molecular flexibility index (Phi) is 2.62. The summed E-state index contributed by atoms with van der Waals surface area (Å²) in [6, 6.07) is 5.91. The first-order valence-electron chi connectivity index (χ1n) is 5.09. The molecular weight excluding hydrogens is 192 g/mol. The van der Waals surface area contributed by atoms with Gasteiger partial charge >= 0.3 is 5.97 Å². The van der Waals surface area contributed by atoms with Gasteiger partial charge in [-0.1, -0.05) is 6.07 Å². The molecule has 1 atom stereocenters. The Hall–Kier alpha value is -1.51. The second-order valence-electron chi connectivity index (χ2n) is 3.91. The molecule has 1 N–H and O–H groups in total. The van der Waals surface area contributed by atoms with Gasteiger partial charge in [0.15, 0.2) is 0 Å². The quantitative estimate of drug-likeness (QED) is 0.803. The normalized spacial score (nSPS) is 19.4. The zero-order valence-electron chi connectivity index (χ0n) is 8.69. The molecule has 1 aliphatic rings. The summed E-state index contributed by atoms with van der Waals surface area (Å²) in [5, 5.41) is 8.96. The van der Waals surface area contributed by atoms with Crippen LogP contribution in [0.4, 0.5) is 0 Å². The summed E-state index contributed by atoms with van der Waals surface area (Å²) < 4.78 is 5.13. The van der Waals surface area contributed by atoms with Gasteiger partial charge in [-0.25, -0.2) is 0 Å². The van der Waals surface area contributed by atoms with Crippen molar-refractivity contribution in [2.24, 2.45) is 5.92 Å². The number of fused-ring (bicyclic) bond motifs is 1. The summed E-state index contributed by atoms with van der Waals surface area (Å²) in [4.78, 5) is 10.9. The van der Waals surface area contributed by atoms with E-state index < -0.39 is 5.97 Å². The second-order valence-corrected chi connectivity index (χ2v) is 3.91. The van der Waals surface area contributed by atoms with Crippen LogP contribution in [0.5, 0.6) is 5.75 Å². The molecule has 0 aromatic heterocycles. The van der Waals surface area contributed by atoms with Crippen molar-refractivity contribution >= 4 is 5.97 Å². The van der Waals surface area contributed by atoms with Gasteiger partial charge in [0, 0.05) is 0 Å². The fourth-order valence-electron chi connectivity index (χ4n) is 2.07. The molecule has 1 aliphatic carbocycles. The smallest absolute Gasteiger partial charge is 0.306 e. The van der Waals surface area contributed by atoms with E-state index in [0.717, 1.165) is 24.2 Å². The Morgan fingerprint density at radius 1 is 1.47 bits per heavy atom. The first-order chi connectivity index (χ1) is 7.20. The highest BCUT2D eigenvalue weighted by atomic mass is 16.5. The number of hydrogen-bond acceptors (Lipinski definition) is 2. The van der Waals surface area contributed by atoms with E-state index in [9.17, 15) is 4.79 Å². The van der Waals surface area contributed by atoms with Crippen LogP contribution in [-0.2, 0) is 17.6 Å².